The molecule has 1 N–H and O–H groups in total. The van der Waals surface area contributed by atoms with Crippen molar-refractivity contribution in [3.05, 3.63) is 53.4 Å². The van der Waals surface area contributed by atoms with Crippen LogP contribution in [0.3, 0.4) is 0 Å². The molecule has 0 saturated heterocycles. The Labute approximate surface area is 173 Å². The van der Waals surface area contributed by atoms with Gasteiger partial charge in [-0.25, -0.2) is 9.50 Å². The van der Waals surface area contributed by atoms with Gasteiger partial charge in [-0.1, -0.05) is 18.6 Å². The third-order valence-corrected chi connectivity index (χ3v) is 5.49. The van der Waals surface area contributed by atoms with Crippen LogP contribution >= 0.6 is 0 Å². The summed E-state index contributed by atoms with van der Waals surface area (Å²) in [5.41, 5.74) is 3.43. The first kappa shape index (κ1) is 18.4. The maximum Gasteiger partial charge on any atom is 0.295 e. The number of benzene rings is 1. The number of hydrogen-bond acceptors (Lipinski definition) is 6. The van der Waals surface area contributed by atoms with Crippen molar-refractivity contribution in [1.29, 1.82) is 0 Å². The molecule has 0 unspecified atom stereocenters. The molecule has 0 saturated carbocycles. The SMILES string of the molecule is Cc1ccc(-c2nnc3n2CCCCC3)cc1NC(=O)c1nc2nccc(C)n2n1. The van der Waals surface area contributed by atoms with E-state index in [0.717, 1.165) is 54.3 Å². The summed E-state index contributed by atoms with van der Waals surface area (Å²) < 4.78 is 3.75. The van der Waals surface area contributed by atoms with E-state index in [2.05, 4.69) is 35.1 Å². The number of aryl methyl sites for hydroxylation is 3. The van der Waals surface area contributed by atoms with Crippen molar-refractivity contribution in [2.75, 3.05) is 5.32 Å². The highest BCUT2D eigenvalue weighted by atomic mass is 16.2. The van der Waals surface area contributed by atoms with E-state index in [0.29, 0.717) is 11.5 Å². The van der Waals surface area contributed by atoms with Gasteiger partial charge in [-0.05, 0) is 44.4 Å². The molecule has 0 bridgehead atoms. The molecular weight excluding hydrogens is 380 g/mol. The number of anilines is 1. The molecule has 1 aliphatic rings. The van der Waals surface area contributed by atoms with Gasteiger partial charge < -0.3 is 9.88 Å². The lowest BCUT2D eigenvalue weighted by Gasteiger charge is -2.11. The highest BCUT2D eigenvalue weighted by molar-refractivity contribution is 6.02. The van der Waals surface area contributed by atoms with E-state index in [9.17, 15) is 4.79 Å². The van der Waals surface area contributed by atoms with Crippen LogP contribution in [0.4, 0.5) is 5.69 Å². The quantitative estimate of drug-likeness (QED) is 0.565. The van der Waals surface area contributed by atoms with Crippen LogP contribution in [-0.4, -0.2) is 40.3 Å². The Hall–Kier alpha value is -3.62. The smallest absolute Gasteiger partial charge is 0.295 e. The van der Waals surface area contributed by atoms with Crippen LogP contribution in [0.1, 0.15) is 47.0 Å². The Balaban J connectivity index is 1.46. The van der Waals surface area contributed by atoms with Gasteiger partial charge in [-0.2, -0.15) is 4.98 Å². The Morgan fingerprint density at radius 3 is 2.87 bits per heavy atom. The summed E-state index contributed by atoms with van der Waals surface area (Å²) in [6, 6.07) is 7.75. The average Bonchev–Trinajstić information content (AvgIpc) is 3.28. The minimum Gasteiger partial charge on any atom is -0.319 e. The molecule has 9 nitrogen and oxygen atoms in total. The lowest BCUT2D eigenvalue weighted by atomic mass is 10.1. The van der Waals surface area contributed by atoms with Crippen LogP contribution in [0.15, 0.2) is 30.5 Å². The largest absolute Gasteiger partial charge is 0.319 e. The Kier molecular flexibility index (Phi) is 4.50. The maximum absolute atomic E-state index is 12.8. The molecule has 4 aromatic rings. The van der Waals surface area contributed by atoms with Gasteiger partial charge in [0.2, 0.25) is 5.82 Å². The number of aromatic nitrogens is 7. The summed E-state index contributed by atoms with van der Waals surface area (Å²) in [5, 5.41) is 16.0. The second kappa shape index (κ2) is 7.33. The van der Waals surface area contributed by atoms with Crippen LogP contribution < -0.4 is 5.32 Å². The Bertz CT molecular complexity index is 1260. The van der Waals surface area contributed by atoms with E-state index in [-0.39, 0.29) is 11.7 Å². The molecule has 5 rings (SSSR count). The first-order valence-electron chi connectivity index (χ1n) is 10.1. The molecule has 30 heavy (non-hydrogen) atoms. The standard InChI is InChI=1S/C21H22N8O/c1-13-7-8-15(19-26-25-17-6-4-3-5-11-28(17)19)12-16(13)23-20(30)18-24-21-22-10-9-14(2)29(21)27-18/h7-10,12H,3-6,11H2,1-2H3,(H,23,30). The fourth-order valence-electron chi connectivity index (χ4n) is 3.78. The molecule has 1 amide bonds. The summed E-state index contributed by atoms with van der Waals surface area (Å²) in [7, 11) is 0. The molecule has 0 fully saturated rings. The zero-order valence-corrected chi connectivity index (χ0v) is 17.0. The molecule has 1 aromatic carbocycles. The van der Waals surface area contributed by atoms with Crippen molar-refractivity contribution in [2.24, 2.45) is 0 Å². The van der Waals surface area contributed by atoms with Gasteiger partial charge in [0.05, 0.1) is 0 Å². The zero-order chi connectivity index (χ0) is 20.7. The second-order valence-electron chi connectivity index (χ2n) is 7.62. The van der Waals surface area contributed by atoms with E-state index in [1.807, 2.05) is 38.1 Å². The predicted molar refractivity (Wildman–Crippen MR) is 111 cm³/mol. The lowest BCUT2D eigenvalue weighted by molar-refractivity contribution is 0.101. The van der Waals surface area contributed by atoms with Crippen molar-refractivity contribution >= 4 is 17.4 Å². The van der Waals surface area contributed by atoms with Crippen LogP contribution in [0, 0.1) is 13.8 Å². The number of fused-ring (bicyclic) bond motifs is 2. The third kappa shape index (κ3) is 3.22. The van der Waals surface area contributed by atoms with Gasteiger partial charge >= 0.3 is 0 Å². The molecule has 1 aliphatic heterocycles. The number of nitrogens with one attached hydrogen (secondary N) is 1. The van der Waals surface area contributed by atoms with Gasteiger partial charge in [0.15, 0.2) is 5.82 Å². The third-order valence-electron chi connectivity index (χ3n) is 5.49. The molecule has 4 heterocycles. The number of hydrogen-bond donors (Lipinski definition) is 1. The van der Waals surface area contributed by atoms with E-state index in [4.69, 9.17) is 0 Å². The highest BCUT2D eigenvalue weighted by Crippen LogP contribution is 2.27. The van der Waals surface area contributed by atoms with Crippen LogP contribution in [-0.2, 0) is 13.0 Å². The second-order valence-corrected chi connectivity index (χ2v) is 7.62. The number of amides is 1. The van der Waals surface area contributed by atoms with Crippen molar-refractivity contribution in [3.63, 3.8) is 0 Å². The van der Waals surface area contributed by atoms with Crippen LogP contribution in [0.25, 0.3) is 17.2 Å². The number of rotatable bonds is 3. The number of nitrogens with zero attached hydrogens (tertiary/aromatic N) is 7. The molecule has 152 valence electrons. The van der Waals surface area contributed by atoms with Gasteiger partial charge in [-0.3, -0.25) is 4.79 Å². The Morgan fingerprint density at radius 1 is 1.10 bits per heavy atom. The molecule has 0 radical (unpaired) electrons. The van der Waals surface area contributed by atoms with Gasteiger partial charge in [0, 0.05) is 36.1 Å². The zero-order valence-electron chi connectivity index (χ0n) is 17.0. The minimum atomic E-state index is -0.375. The van der Waals surface area contributed by atoms with Crippen LogP contribution in [0.5, 0.6) is 0 Å². The summed E-state index contributed by atoms with van der Waals surface area (Å²) >= 11 is 0. The highest BCUT2D eigenvalue weighted by Gasteiger charge is 2.19. The predicted octanol–water partition coefficient (Wildman–Crippen LogP) is 2.98. The molecule has 0 aliphatic carbocycles. The topological polar surface area (TPSA) is 103 Å². The summed E-state index contributed by atoms with van der Waals surface area (Å²) in [4.78, 5) is 21.2. The van der Waals surface area contributed by atoms with E-state index in [1.165, 1.54) is 6.42 Å². The molecule has 3 aromatic heterocycles. The first-order chi connectivity index (χ1) is 14.6. The van der Waals surface area contributed by atoms with E-state index in [1.54, 1.807) is 10.7 Å². The van der Waals surface area contributed by atoms with Crippen molar-refractivity contribution in [2.45, 2.75) is 46.1 Å². The molecular formula is C21H22N8O. The van der Waals surface area contributed by atoms with E-state index < -0.39 is 0 Å². The van der Waals surface area contributed by atoms with Gasteiger partial charge in [-0.15, -0.1) is 15.3 Å². The summed E-state index contributed by atoms with van der Waals surface area (Å²) in [6.45, 7) is 4.76. The fraction of sp³-hybridized carbons (Fsp3) is 0.333. The number of carbonyl (C=O) groups is 1. The van der Waals surface area contributed by atoms with Crippen molar-refractivity contribution in [3.8, 4) is 11.4 Å². The van der Waals surface area contributed by atoms with Crippen molar-refractivity contribution < 1.29 is 4.79 Å². The maximum atomic E-state index is 12.8. The fourth-order valence-corrected chi connectivity index (χ4v) is 3.78. The monoisotopic (exact) mass is 402 g/mol. The summed E-state index contributed by atoms with van der Waals surface area (Å²) in [6.07, 6.45) is 6.08. The molecule has 0 atom stereocenters. The molecule has 0 spiro atoms. The first-order valence-corrected chi connectivity index (χ1v) is 10.1. The molecule has 9 heteroatoms. The number of carbonyl (C=O) groups excluding carboxylic acids is 1. The normalized spacial score (nSPS) is 13.8. The Morgan fingerprint density at radius 2 is 2.00 bits per heavy atom. The lowest BCUT2D eigenvalue weighted by Crippen LogP contribution is -2.15. The average molecular weight is 402 g/mol. The van der Waals surface area contributed by atoms with Gasteiger partial charge in [0.1, 0.15) is 5.82 Å². The van der Waals surface area contributed by atoms with Gasteiger partial charge in [0.25, 0.3) is 11.7 Å². The summed E-state index contributed by atoms with van der Waals surface area (Å²) in [5.74, 6) is 1.98. The van der Waals surface area contributed by atoms with Crippen LogP contribution in [0.2, 0.25) is 0 Å². The van der Waals surface area contributed by atoms with E-state index >= 15 is 0 Å². The minimum absolute atomic E-state index is 0.0814. The van der Waals surface area contributed by atoms with Crippen molar-refractivity contribution in [1.82, 2.24) is 34.3 Å².